The van der Waals surface area contributed by atoms with Crippen LogP contribution < -0.4 is 0 Å². The van der Waals surface area contributed by atoms with Gasteiger partial charge in [0.1, 0.15) is 0 Å². The van der Waals surface area contributed by atoms with E-state index in [1.165, 1.54) is 4.88 Å². The van der Waals surface area contributed by atoms with Crippen LogP contribution in [0.3, 0.4) is 0 Å². The lowest BCUT2D eigenvalue weighted by molar-refractivity contribution is -0.159. The molecule has 5 nitrogen and oxygen atoms in total. The number of aliphatic carboxylic acids is 1. The maximum Gasteiger partial charge on any atom is 0.334 e. The summed E-state index contributed by atoms with van der Waals surface area (Å²) in [4.78, 5) is 25.7. The summed E-state index contributed by atoms with van der Waals surface area (Å²) in [6.07, 6.45) is 1.28. The van der Waals surface area contributed by atoms with E-state index in [0.29, 0.717) is 19.6 Å². The van der Waals surface area contributed by atoms with Crippen LogP contribution in [0.15, 0.2) is 17.5 Å². The van der Waals surface area contributed by atoms with Crippen LogP contribution in [0, 0.1) is 0 Å². The number of carbonyl (C=O) groups is 2. The zero-order valence-corrected chi connectivity index (χ0v) is 11.4. The lowest BCUT2D eigenvalue weighted by atomic mass is 10.2. The number of carboxylic acids is 1. The summed E-state index contributed by atoms with van der Waals surface area (Å²) in [6.45, 7) is 0.947. The molecule has 1 atom stereocenters. The molecule has 0 saturated carbocycles. The molecule has 6 heteroatoms. The van der Waals surface area contributed by atoms with Crippen molar-refractivity contribution in [2.24, 2.45) is 0 Å². The second kappa shape index (κ2) is 6.68. The summed E-state index contributed by atoms with van der Waals surface area (Å²) in [5.41, 5.74) is 0. The monoisotopic (exact) mass is 283 g/mol. The fraction of sp³-hybridized carbons (Fsp3) is 0.538. The summed E-state index contributed by atoms with van der Waals surface area (Å²) < 4.78 is 5.09. The third-order valence-corrected chi connectivity index (χ3v) is 4.02. The number of nitrogens with zero attached hydrogens (tertiary/aromatic N) is 1. The van der Waals surface area contributed by atoms with Gasteiger partial charge in [-0.3, -0.25) is 4.79 Å². The first kappa shape index (κ1) is 14.0. The predicted octanol–water partition coefficient (Wildman–Crippen LogP) is 1.38. The van der Waals surface area contributed by atoms with E-state index < -0.39 is 12.1 Å². The minimum absolute atomic E-state index is 0.0195. The molecule has 1 saturated heterocycles. The van der Waals surface area contributed by atoms with Crippen molar-refractivity contribution >= 4 is 23.2 Å². The van der Waals surface area contributed by atoms with Crippen LogP contribution in [0.1, 0.15) is 17.7 Å². The lowest BCUT2D eigenvalue weighted by Crippen LogP contribution is -2.48. The van der Waals surface area contributed by atoms with Gasteiger partial charge in [0.15, 0.2) is 6.10 Å². The van der Waals surface area contributed by atoms with Crippen molar-refractivity contribution < 1.29 is 19.4 Å². The molecule has 2 rings (SSSR count). The molecule has 0 unspecified atom stereocenters. The lowest BCUT2D eigenvalue weighted by Gasteiger charge is -2.30. The number of hydrogen-bond acceptors (Lipinski definition) is 4. The average Bonchev–Trinajstić information content (AvgIpc) is 2.92. The van der Waals surface area contributed by atoms with Gasteiger partial charge in [0, 0.05) is 17.8 Å². The third kappa shape index (κ3) is 4.04. The number of ether oxygens (including phenoxy) is 1. The zero-order chi connectivity index (χ0) is 13.7. The van der Waals surface area contributed by atoms with Crippen molar-refractivity contribution in [2.45, 2.75) is 25.4 Å². The molecule has 1 aliphatic rings. The van der Waals surface area contributed by atoms with Gasteiger partial charge < -0.3 is 14.7 Å². The average molecular weight is 283 g/mol. The topological polar surface area (TPSA) is 66.8 Å². The molecule has 1 aromatic rings. The van der Waals surface area contributed by atoms with Crippen LogP contribution in [-0.2, 0) is 20.7 Å². The van der Waals surface area contributed by atoms with Crippen LogP contribution in [0.2, 0.25) is 0 Å². The van der Waals surface area contributed by atoms with Crippen molar-refractivity contribution in [1.29, 1.82) is 0 Å². The SMILES string of the molecule is O=C(O)[C@H]1CN(C(=O)CCCc2cccs2)CCO1. The number of carboxylic acid groups (broad SMARTS) is 1. The smallest absolute Gasteiger partial charge is 0.334 e. The Hall–Kier alpha value is -1.40. The molecule has 0 aromatic carbocycles. The van der Waals surface area contributed by atoms with Gasteiger partial charge in [0.05, 0.1) is 13.2 Å². The minimum Gasteiger partial charge on any atom is -0.479 e. The fourth-order valence-corrected chi connectivity index (χ4v) is 2.80. The maximum absolute atomic E-state index is 12.0. The molecule has 1 N–H and O–H groups in total. The van der Waals surface area contributed by atoms with E-state index in [4.69, 9.17) is 9.84 Å². The molecule has 1 aromatic heterocycles. The Labute approximate surface area is 115 Å². The Kier molecular flexibility index (Phi) is 4.93. The molecular formula is C13H17NO4S. The number of hydrogen-bond donors (Lipinski definition) is 1. The number of thiophene rings is 1. The third-order valence-electron chi connectivity index (χ3n) is 3.09. The van der Waals surface area contributed by atoms with E-state index in [2.05, 4.69) is 6.07 Å². The Morgan fingerprint density at radius 3 is 3.05 bits per heavy atom. The van der Waals surface area contributed by atoms with Crippen molar-refractivity contribution in [3.63, 3.8) is 0 Å². The van der Waals surface area contributed by atoms with Crippen LogP contribution in [0.4, 0.5) is 0 Å². The van der Waals surface area contributed by atoms with Gasteiger partial charge in [-0.2, -0.15) is 0 Å². The van der Waals surface area contributed by atoms with E-state index in [9.17, 15) is 9.59 Å². The van der Waals surface area contributed by atoms with Gasteiger partial charge in [0.2, 0.25) is 5.91 Å². The first-order chi connectivity index (χ1) is 9.16. The van der Waals surface area contributed by atoms with E-state index in [0.717, 1.165) is 12.8 Å². The van der Waals surface area contributed by atoms with Crippen LogP contribution in [0.25, 0.3) is 0 Å². The van der Waals surface area contributed by atoms with E-state index >= 15 is 0 Å². The molecule has 0 aliphatic carbocycles. The predicted molar refractivity (Wildman–Crippen MR) is 71.2 cm³/mol. The van der Waals surface area contributed by atoms with Gasteiger partial charge >= 0.3 is 5.97 Å². The maximum atomic E-state index is 12.0. The molecular weight excluding hydrogens is 266 g/mol. The van der Waals surface area contributed by atoms with Gasteiger partial charge in [-0.1, -0.05) is 6.07 Å². The molecule has 1 fully saturated rings. The molecule has 2 heterocycles. The first-order valence-corrected chi connectivity index (χ1v) is 7.19. The summed E-state index contributed by atoms with van der Waals surface area (Å²) in [5.74, 6) is -0.984. The largest absolute Gasteiger partial charge is 0.479 e. The van der Waals surface area contributed by atoms with Gasteiger partial charge in [0.25, 0.3) is 0 Å². The Morgan fingerprint density at radius 2 is 2.37 bits per heavy atom. The molecule has 104 valence electrons. The Balaban J connectivity index is 1.74. The highest BCUT2D eigenvalue weighted by Gasteiger charge is 2.28. The summed E-state index contributed by atoms with van der Waals surface area (Å²) in [5, 5.41) is 10.9. The van der Waals surface area contributed by atoms with Crippen molar-refractivity contribution in [1.82, 2.24) is 4.90 Å². The highest BCUT2D eigenvalue weighted by Crippen LogP contribution is 2.13. The minimum atomic E-state index is -1.00. The van der Waals surface area contributed by atoms with Crippen molar-refractivity contribution in [3.05, 3.63) is 22.4 Å². The normalized spacial score (nSPS) is 19.4. The number of aryl methyl sites for hydroxylation is 1. The molecule has 0 radical (unpaired) electrons. The number of carbonyl (C=O) groups excluding carboxylic acids is 1. The van der Waals surface area contributed by atoms with Gasteiger partial charge in [-0.15, -0.1) is 11.3 Å². The molecule has 1 aliphatic heterocycles. The molecule has 0 spiro atoms. The van der Waals surface area contributed by atoms with E-state index in [-0.39, 0.29) is 12.5 Å². The van der Waals surface area contributed by atoms with Crippen LogP contribution in [0.5, 0.6) is 0 Å². The summed E-state index contributed by atoms with van der Waals surface area (Å²) in [6, 6.07) is 4.06. The van der Waals surface area contributed by atoms with Crippen molar-refractivity contribution in [3.8, 4) is 0 Å². The van der Waals surface area contributed by atoms with E-state index in [1.807, 2.05) is 11.4 Å². The Bertz CT molecular complexity index is 432. The fourth-order valence-electron chi connectivity index (χ4n) is 2.05. The standard InChI is InChI=1S/C13H17NO4S/c15-12(5-1-3-10-4-2-8-19-10)14-6-7-18-11(9-14)13(16)17/h2,4,8,11H,1,3,5-7,9H2,(H,16,17)/t11-/m1/s1. The van der Waals surface area contributed by atoms with Crippen LogP contribution >= 0.6 is 11.3 Å². The Morgan fingerprint density at radius 1 is 1.53 bits per heavy atom. The summed E-state index contributed by atoms with van der Waals surface area (Å²) in [7, 11) is 0. The van der Waals surface area contributed by atoms with Crippen molar-refractivity contribution in [2.75, 3.05) is 19.7 Å². The highest BCUT2D eigenvalue weighted by atomic mass is 32.1. The molecule has 19 heavy (non-hydrogen) atoms. The quantitative estimate of drug-likeness (QED) is 0.886. The zero-order valence-electron chi connectivity index (χ0n) is 10.6. The van der Waals surface area contributed by atoms with Gasteiger partial charge in [-0.25, -0.2) is 4.79 Å². The second-order valence-corrected chi connectivity index (χ2v) is 5.50. The van der Waals surface area contributed by atoms with E-state index in [1.54, 1.807) is 16.2 Å². The summed E-state index contributed by atoms with van der Waals surface area (Å²) >= 11 is 1.69. The van der Waals surface area contributed by atoms with Crippen LogP contribution in [-0.4, -0.2) is 47.7 Å². The second-order valence-electron chi connectivity index (χ2n) is 4.47. The first-order valence-electron chi connectivity index (χ1n) is 6.31. The number of morpholine rings is 1. The number of amides is 1. The highest BCUT2D eigenvalue weighted by molar-refractivity contribution is 7.09. The molecule has 1 amide bonds. The van der Waals surface area contributed by atoms with Gasteiger partial charge in [-0.05, 0) is 24.3 Å². The molecule has 0 bridgehead atoms. The number of rotatable bonds is 5.